The number of fused-ring (bicyclic) bond motifs is 2. The monoisotopic (exact) mass is 388 g/mol. The van der Waals surface area contributed by atoms with Gasteiger partial charge in [-0.25, -0.2) is 4.98 Å². The topological polar surface area (TPSA) is 44.0 Å². The zero-order chi connectivity index (χ0) is 19.8. The average molecular weight is 389 g/mol. The molecule has 0 atom stereocenters. The van der Waals surface area contributed by atoms with E-state index in [-0.39, 0.29) is 0 Å². The lowest BCUT2D eigenvalue weighted by Crippen LogP contribution is -2.28. The van der Waals surface area contributed by atoms with Gasteiger partial charge < -0.3 is 15.2 Å². The van der Waals surface area contributed by atoms with E-state index in [4.69, 9.17) is 4.98 Å². The zero-order valence-electron chi connectivity index (χ0n) is 17.7. The number of rotatable bonds is 5. The van der Waals surface area contributed by atoms with E-state index in [1.165, 1.54) is 73.3 Å². The maximum absolute atomic E-state index is 4.91. The third kappa shape index (κ3) is 3.66. The summed E-state index contributed by atoms with van der Waals surface area (Å²) in [5.41, 5.74) is 8.90. The summed E-state index contributed by atoms with van der Waals surface area (Å²) in [6, 6.07) is 11.2. The summed E-state index contributed by atoms with van der Waals surface area (Å²) < 4.78 is 0. The van der Waals surface area contributed by atoms with Crippen molar-refractivity contribution in [2.45, 2.75) is 46.0 Å². The number of hydrogen-bond donors (Lipinski definition) is 2. The zero-order valence-corrected chi connectivity index (χ0v) is 17.7. The summed E-state index contributed by atoms with van der Waals surface area (Å²) in [5.74, 6) is 1.92. The molecule has 29 heavy (non-hydrogen) atoms. The highest BCUT2D eigenvalue weighted by Crippen LogP contribution is 2.33. The molecule has 2 aliphatic heterocycles. The molecular formula is C25H32N4. The number of aryl methyl sites for hydroxylation is 2. The first kappa shape index (κ1) is 18.7. The van der Waals surface area contributed by atoms with E-state index in [2.05, 4.69) is 59.4 Å². The minimum absolute atomic E-state index is 0.931. The van der Waals surface area contributed by atoms with Crippen LogP contribution in [0, 0.1) is 19.8 Å². The van der Waals surface area contributed by atoms with Crippen LogP contribution in [0.2, 0.25) is 0 Å². The molecule has 4 nitrogen and oxygen atoms in total. The van der Waals surface area contributed by atoms with Gasteiger partial charge in [0, 0.05) is 24.3 Å². The van der Waals surface area contributed by atoms with Gasteiger partial charge in [-0.15, -0.1) is 0 Å². The fraction of sp³-hybridized carbons (Fsp3) is 0.480. The Balaban J connectivity index is 1.30. The molecule has 152 valence electrons. The summed E-state index contributed by atoms with van der Waals surface area (Å²) in [4.78, 5) is 11.0. The van der Waals surface area contributed by atoms with E-state index in [1.807, 2.05) is 0 Å². The summed E-state index contributed by atoms with van der Waals surface area (Å²) in [7, 11) is 0. The van der Waals surface area contributed by atoms with Gasteiger partial charge in [-0.3, -0.25) is 0 Å². The van der Waals surface area contributed by atoms with Gasteiger partial charge in [0.15, 0.2) is 0 Å². The van der Waals surface area contributed by atoms with Crippen molar-refractivity contribution >= 4 is 16.7 Å². The lowest BCUT2D eigenvalue weighted by Gasteiger charge is -2.24. The number of nitrogens with zero attached hydrogens (tertiary/aromatic N) is 2. The fourth-order valence-corrected chi connectivity index (χ4v) is 5.04. The van der Waals surface area contributed by atoms with Gasteiger partial charge >= 0.3 is 0 Å². The summed E-state index contributed by atoms with van der Waals surface area (Å²) in [6.07, 6.45) is 6.55. The van der Waals surface area contributed by atoms with E-state index in [1.54, 1.807) is 0 Å². The molecule has 4 heteroatoms. The second-order valence-corrected chi connectivity index (χ2v) is 8.91. The SMILES string of the molecule is Cc1ccc2[nH]c(-c3ccc4c(c3)CCN4CCCC3CCNCC3)nc2c1C. The highest BCUT2D eigenvalue weighted by atomic mass is 15.1. The second-order valence-electron chi connectivity index (χ2n) is 8.91. The maximum Gasteiger partial charge on any atom is 0.138 e. The van der Waals surface area contributed by atoms with Gasteiger partial charge in [-0.2, -0.15) is 0 Å². The van der Waals surface area contributed by atoms with Crippen molar-refractivity contribution < 1.29 is 0 Å². The van der Waals surface area contributed by atoms with Gasteiger partial charge in [0.2, 0.25) is 0 Å². The molecule has 1 aromatic heterocycles. The van der Waals surface area contributed by atoms with Crippen LogP contribution in [-0.2, 0) is 6.42 Å². The number of anilines is 1. The van der Waals surface area contributed by atoms with Crippen LogP contribution in [-0.4, -0.2) is 36.1 Å². The molecule has 0 unspecified atom stereocenters. The average Bonchev–Trinajstić information content (AvgIpc) is 3.36. The van der Waals surface area contributed by atoms with E-state index in [0.29, 0.717) is 0 Å². The smallest absolute Gasteiger partial charge is 0.138 e. The number of H-pyrrole nitrogens is 1. The molecule has 0 saturated carbocycles. The number of imidazole rings is 1. The third-order valence-electron chi connectivity index (χ3n) is 7.02. The number of piperidine rings is 1. The van der Waals surface area contributed by atoms with E-state index in [0.717, 1.165) is 35.7 Å². The van der Waals surface area contributed by atoms with Crippen LogP contribution in [0.1, 0.15) is 42.4 Å². The predicted octanol–water partition coefficient (Wildman–Crippen LogP) is 4.99. The maximum atomic E-state index is 4.91. The van der Waals surface area contributed by atoms with Crippen LogP contribution in [0.4, 0.5) is 5.69 Å². The Morgan fingerprint density at radius 1 is 1.10 bits per heavy atom. The number of hydrogen-bond acceptors (Lipinski definition) is 3. The first-order valence-electron chi connectivity index (χ1n) is 11.2. The van der Waals surface area contributed by atoms with Crippen LogP contribution >= 0.6 is 0 Å². The Morgan fingerprint density at radius 2 is 1.97 bits per heavy atom. The molecule has 0 aliphatic carbocycles. The molecule has 3 aromatic rings. The van der Waals surface area contributed by atoms with Gasteiger partial charge in [0.25, 0.3) is 0 Å². The third-order valence-corrected chi connectivity index (χ3v) is 7.02. The van der Waals surface area contributed by atoms with Gasteiger partial charge in [0.05, 0.1) is 11.0 Å². The van der Waals surface area contributed by atoms with Gasteiger partial charge in [-0.1, -0.05) is 6.07 Å². The van der Waals surface area contributed by atoms with Crippen molar-refractivity contribution in [2.75, 3.05) is 31.1 Å². The van der Waals surface area contributed by atoms with E-state index < -0.39 is 0 Å². The number of benzene rings is 2. The fourth-order valence-electron chi connectivity index (χ4n) is 5.04. The molecule has 0 spiro atoms. The minimum atomic E-state index is 0.931. The van der Waals surface area contributed by atoms with Crippen molar-refractivity contribution in [3.63, 3.8) is 0 Å². The Labute approximate surface area is 173 Å². The molecule has 0 bridgehead atoms. The first-order chi connectivity index (χ1) is 14.2. The number of aromatic nitrogens is 2. The standard InChI is InChI=1S/C25H32N4/c1-17-5-7-22-24(18(17)2)28-25(27-22)21-6-8-23-20(16-21)11-15-29(23)14-3-4-19-9-12-26-13-10-19/h5-8,16,19,26H,3-4,9-15H2,1-2H3,(H,27,28). The van der Waals surface area contributed by atoms with Gasteiger partial charge in [0.1, 0.15) is 5.82 Å². The normalized spacial score (nSPS) is 17.2. The lowest BCUT2D eigenvalue weighted by molar-refractivity contribution is 0.348. The second kappa shape index (κ2) is 7.83. The number of aromatic amines is 1. The Hall–Kier alpha value is -2.33. The van der Waals surface area contributed by atoms with Crippen molar-refractivity contribution in [1.29, 1.82) is 0 Å². The van der Waals surface area contributed by atoms with Crippen LogP contribution in [0.5, 0.6) is 0 Å². The lowest BCUT2D eigenvalue weighted by atomic mass is 9.93. The molecule has 1 fully saturated rings. The summed E-state index contributed by atoms with van der Waals surface area (Å²) in [5, 5.41) is 3.47. The summed E-state index contributed by atoms with van der Waals surface area (Å²) >= 11 is 0. The van der Waals surface area contributed by atoms with Crippen LogP contribution in [0.3, 0.4) is 0 Å². The van der Waals surface area contributed by atoms with Crippen molar-refractivity contribution in [3.05, 3.63) is 47.0 Å². The van der Waals surface area contributed by atoms with E-state index in [9.17, 15) is 0 Å². The van der Waals surface area contributed by atoms with Crippen molar-refractivity contribution in [3.8, 4) is 11.4 Å². The molecule has 3 heterocycles. The van der Waals surface area contributed by atoms with Crippen molar-refractivity contribution in [1.82, 2.24) is 15.3 Å². The molecule has 0 amide bonds. The Morgan fingerprint density at radius 3 is 2.83 bits per heavy atom. The van der Waals surface area contributed by atoms with Gasteiger partial charge in [-0.05, 0) is 106 Å². The number of nitrogens with one attached hydrogen (secondary N) is 2. The quantitative estimate of drug-likeness (QED) is 0.647. The highest BCUT2D eigenvalue weighted by Gasteiger charge is 2.21. The van der Waals surface area contributed by atoms with Crippen LogP contribution < -0.4 is 10.2 Å². The minimum Gasteiger partial charge on any atom is -0.371 e. The molecule has 2 N–H and O–H groups in total. The molecule has 5 rings (SSSR count). The summed E-state index contributed by atoms with van der Waals surface area (Å²) in [6.45, 7) is 9.08. The molecule has 2 aliphatic rings. The molecular weight excluding hydrogens is 356 g/mol. The van der Waals surface area contributed by atoms with Crippen LogP contribution in [0.25, 0.3) is 22.4 Å². The first-order valence-corrected chi connectivity index (χ1v) is 11.2. The Bertz CT molecular complexity index is 1010. The molecule has 1 saturated heterocycles. The van der Waals surface area contributed by atoms with E-state index >= 15 is 0 Å². The van der Waals surface area contributed by atoms with Crippen LogP contribution in [0.15, 0.2) is 30.3 Å². The molecule has 0 radical (unpaired) electrons. The predicted molar refractivity (Wildman–Crippen MR) is 122 cm³/mol. The largest absolute Gasteiger partial charge is 0.371 e. The highest BCUT2D eigenvalue weighted by molar-refractivity contribution is 5.83. The molecule has 2 aromatic carbocycles. The Kier molecular flexibility index (Phi) is 5.04. The van der Waals surface area contributed by atoms with Crippen molar-refractivity contribution in [2.24, 2.45) is 5.92 Å².